The van der Waals surface area contributed by atoms with Crippen LogP contribution in [0, 0.1) is 5.92 Å². The van der Waals surface area contributed by atoms with Crippen molar-refractivity contribution in [3.63, 3.8) is 0 Å². The molecule has 0 spiro atoms. The van der Waals surface area contributed by atoms with Gasteiger partial charge in [0.15, 0.2) is 0 Å². The molecule has 1 aromatic rings. The lowest BCUT2D eigenvalue weighted by atomic mass is 10.1. The van der Waals surface area contributed by atoms with Crippen molar-refractivity contribution in [2.45, 2.75) is 26.4 Å². The van der Waals surface area contributed by atoms with Crippen LogP contribution in [-0.2, 0) is 15.7 Å². The summed E-state index contributed by atoms with van der Waals surface area (Å²) >= 11 is 0. The molecular formula is C17H23F3N2O3. The predicted octanol–water partition coefficient (Wildman–Crippen LogP) is 3.50. The molecule has 0 aliphatic carbocycles. The van der Waals surface area contributed by atoms with Crippen LogP contribution in [0.5, 0.6) is 0 Å². The second-order valence-corrected chi connectivity index (χ2v) is 5.77. The van der Waals surface area contributed by atoms with E-state index in [-0.39, 0.29) is 17.5 Å². The maximum Gasteiger partial charge on any atom is 0.416 e. The Morgan fingerprint density at radius 1 is 1.32 bits per heavy atom. The van der Waals surface area contributed by atoms with Gasteiger partial charge in [-0.2, -0.15) is 13.2 Å². The number of nitrogens with zero attached hydrogens (tertiary/aromatic N) is 1. The van der Waals surface area contributed by atoms with E-state index in [4.69, 9.17) is 9.47 Å². The molecule has 0 aromatic heterocycles. The largest absolute Gasteiger partial charge is 0.465 e. The van der Waals surface area contributed by atoms with Gasteiger partial charge in [-0.15, -0.1) is 0 Å². The van der Waals surface area contributed by atoms with E-state index in [1.54, 1.807) is 7.11 Å². The minimum atomic E-state index is -4.51. The average molecular weight is 360 g/mol. The fraction of sp³-hybridized carbons (Fsp3) is 0.529. The highest BCUT2D eigenvalue weighted by Crippen LogP contribution is 2.29. The first kappa shape index (κ1) is 21.0. The van der Waals surface area contributed by atoms with E-state index in [0.29, 0.717) is 26.2 Å². The average Bonchev–Trinajstić information content (AvgIpc) is 2.55. The first-order valence-electron chi connectivity index (χ1n) is 7.88. The number of ether oxygens (including phenoxy) is 2. The van der Waals surface area contributed by atoms with Gasteiger partial charge in [0.25, 0.3) is 11.9 Å². The van der Waals surface area contributed by atoms with Crippen LogP contribution in [0.25, 0.3) is 0 Å². The van der Waals surface area contributed by atoms with Crippen molar-refractivity contribution in [1.82, 2.24) is 5.32 Å². The second kappa shape index (κ2) is 10.0. The molecule has 0 aliphatic rings. The number of hydrogen-bond donors (Lipinski definition) is 1. The third kappa shape index (κ3) is 8.02. The zero-order valence-electron chi connectivity index (χ0n) is 14.5. The van der Waals surface area contributed by atoms with Gasteiger partial charge in [0.2, 0.25) is 0 Å². The molecule has 0 fully saturated rings. The molecular weight excluding hydrogens is 337 g/mol. The normalized spacial score (nSPS) is 12.4. The molecule has 1 aromatic carbocycles. The van der Waals surface area contributed by atoms with E-state index < -0.39 is 17.6 Å². The number of halogens is 3. The summed E-state index contributed by atoms with van der Waals surface area (Å²) in [6, 6.07) is 4.18. The van der Waals surface area contributed by atoms with Crippen LogP contribution in [0.15, 0.2) is 29.3 Å². The molecule has 0 unspecified atom stereocenters. The summed E-state index contributed by atoms with van der Waals surface area (Å²) in [5, 5.41) is 2.42. The molecule has 0 radical (unpaired) electrons. The van der Waals surface area contributed by atoms with Crippen LogP contribution < -0.4 is 5.32 Å². The van der Waals surface area contributed by atoms with Gasteiger partial charge in [0.05, 0.1) is 12.2 Å². The smallest absolute Gasteiger partial charge is 0.416 e. The molecule has 0 aliphatic heterocycles. The van der Waals surface area contributed by atoms with Crippen molar-refractivity contribution in [3.05, 3.63) is 35.4 Å². The van der Waals surface area contributed by atoms with E-state index in [1.165, 1.54) is 12.1 Å². The minimum absolute atomic E-state index is 0.00721. The Morgan fingerprint density at radius 2 is 2.04 bits per heavy atom. The quantitative estimate of drug-likeness (QED) is 0.460. The van der Waals surface area contributed by atoms with Crippen molar-refractivity contribution >= 4 is 11.9 Å². The number of alkyl halides is 3. The Kier molecular flexibility index (Phi) is 8.40. The number of aliphatic imine (C=N–C) groups is 1. The molecule has 5 nitrogen and oxygen atoms in total. The topological polar surface area (TPSA) is 59.9 Å². The van der Waals surface area contributed by atoms with Gasteiger partial charge in [-0.05, 0) is 30.5 Å². The molecule has 1 amide bonds. The molecule has 0 saturated carbocycles. The van der Waals surface area contributed by atoms with Gasteiger partial charge in [-0.25, -0.2) is 4.99 Å². The van der Waals surface area contributed by atoms with Crippen molar-refractivity contribution in [2.75, 3.05) is 26.9 Å². The zero-order valence-corrected chi connectivity index (χ0v) is 14.5. The minimum Gasteiger partial charge on any atom is -0.465 e. The van der Waals surface area contributed by atoms with E-state index in [1.807, 2.05) is 13.8 Å². The maximum absolute atomic E-state index is 12.8. The third-order valence-electron chi connectivity index (χ3n) is 2.99. The van der Waals surface area contributed by atoms with Gasteiger partial charge >= 0.3 is 6.18 Å². The Balaban J connectivity index is 2.82. The predicted molar refractivity (Wildman–Crippen MR) is 88.5 cm³/mol. The standard InChI is InChI=1S/C17H23F3N2O3/c1-12(2)11-25-16(21-8-5-9-24-3)22-15(23)13-6-4-7-14(10-13)17(18,19)20/h4,6-7,10,12H,5,8-9,11H2,1-3H3,(H,21,22,23). The number of carbonyl (C=O) groups is 1. The summed E-state index contributed by atoms with van der Waals surface area (Å²) in [5.41, 5.74) is -1.01. The van der Waals surface area contributed by atoms with E-state index >= 15 is 0 Å². The monoisotopic (exact) mass is 360 g/mol. The Morgan fingerprint density at radius 3 is 2.64 bits per heavy atom. The summed E-state index contributed by atoms with van der Waals surface area (Å²) in [6.07, 6.45) is -3.88. The van der Waals surface area contributed by atoms with Crippen LogP contribution in [-0.4, -0.2) is 38.8 Å². The number of methoxy groups -OCH3 is 1. The molecule has 0 saturated heterocycles. The number of amidine groups is 1. The number of carbonyl (C=O) groups excluding carboxylic acids is 1. The summed E-state index contributed by atoms with van der Waals surface area (Å²) in [5.74, 6) is -0.505. The first-order valence-corrected chi connectivity index (χ1v) is 7.88. The molecule has 25 heavy (non-hydrogen) atoms. The number of amides is 1. The van der Waals surface area contributed by atoms with E-state index in [9.17, 15) is 18.0 Å². The summed E-state index contributed by atoms with van der Waals surface area (Å²) in [4.78, 5) is 16.3. The van der Waals surface area contributed by atoms with Crippen LogP contribution in [0.4, 0.5) is 13.2 Å². The van der Waals surface area contributed by atoms with Gasteiger partial charge in [-0.1, -0.05) is 19.9 Å². The third-order valence-corrected chi connectivity index (χ3v) is 2.99. The van der Waals surface area contributed by atoms with E-state index in [0.717, 1.165) is 12.1 Å². The van der Waals surface area contributed by atoms with Crippen molar-refractivity contribution < 1.29 is 27.4 Å². The highest BCUT2D eigenvalue weighted by molar-refractivity contribution is 6.04. The van der Waals surface area contributed by atoms with Crippen LogP contribution in [0.3, 0.4) is 0 Å². The second-order valence-electron chi connectivity index (χ2n) is 5.77. The Bertz CT molecular complexity index is 587. The Labute approximate surface area is 145 Å². The maximum atomic E-state index is 12.8. The highest BCUT2D eigenvalue weighted by atomic mass is 19.4. The zero-order chi connectivity index (χ0) is 18.9. The lowest BCUT2D eigenvalue weighted by Gasteiger charge is -2.13. The van der Waals surface area contributed by atoms with Gasteiger partial charge in [-0.3, -0.25) is 10.1 Å². The highest BCUT2D eigenvalue weighted by Gasteiger charge is 2.31. The Hall–Kier alpha value is -2.09. The van der Waals surface area contributed by atoms with Gasteiger partial charge in [0, 0.05) is 25.8 Å². The van der Waals surface area contributed by atoms with Gasteiger partial charge in [0.1, 0.15) is 0 Å². The number of nitrogens with one attached hydrogen (secondary N) is 1. The summed E-state index contributed by atoms with van der Waals surface area (Å²) < 4.78 is 48.6. The van der Waals surface area contributed by atoms with Crippen LogP contribution in [0.1, 0.15) is 36.2 Å². The van der Waals surface area contributed by atoms with Crippen molar-refractivity contribution in [1.29, 1.82) is 0 Å². The molecule has 0 heterocycles. The molecule has 0 bridgehead atoms. The molecule has 140 valence electrons. The van der Waals surface area contributed by atoms with Crippen LogP contribution in [0.2, 0.25) is 0 Å². The van der Waals surface area contributed by atoms with Crippen molar-refractivity contribution in [2.24, 2.45) is 10.9 Å². The molecule has 1 rings (SSSR count). The number of rotatable bonds is 7. The summed E-state index contributed by atoms with van der Waals surface area (Å²) in [6.45, 7) is 5.05. The van der Waals surface area contributed by atoms with Gasteiger partial charge < -0.3 is 9.47 Å². The molecule has 8 heteroatoms. The molecule has 0 atom stereocenters. The fourth-order valence-corrected chi connectivity index (χ4v) is 1.76. The summed E-state index contributed by atoms with van der Waals surface area (Å²) in [7, 11) is 1.56. The lowest BCUT2D eigenvalue weighted by molar-refractivity contribution is -0.137. The lowest BCUT2D eigenvalue weighted by Crippen LogP contribution is -2.33. The van der Waals surface area contributed by atoms with Crippen LogP contribution >= 0.6 is 0 Å². The fourth-order valence-electron chi connectivity index (χ4n) is 1.76. The van der Waals surface area contributed by atoms with E-state index in [2.05, 4.69) is 10.3 Å². The first-order chi connectivity index (χ1) is 11.7. The SMILES string of the molecule is COCCCN=C(NC(=O)c1cccc(C(F)(F)F)c1)OCC(C)C. The number of benzene rings is 1. The molecule has 1 N–H and O–H groups in total. The van der Waals surface area contributed by atoms with Crippen molar-refractivity contribution in [3.8, 4) is 0 Å². The number of hydrogen-bond acceptors (Lipinski definition) is 4.